The zero-order valence-corrected chi connectivity index (χ0v) is 41.0. The van der Waals surface area contributed by atoms with Crippen LogP contribution in [0.25, 0.3) is 0 Å². The van der Waals surface area contributed by atoms with Crippen LogP contribution < -0.4 is 16.0 Å². The number of unbranched alkanes of at least 4 members (excludes halogenated alkanes) is 1. The van der Waals surface area contributed by atoms with Crippen LogP contribution in [0.15, 0.2) is 0 Å². The maximum absolute atomic E-state index is 14.9. The molecule has 2 fully saturated rings. The summed E-state index contributed by atoms with van der Waals surface area (Å²) in [4.78, 5) is 105. The van der Waals surface area contributed by atoms with Gasteiger partial charge in [0, 0.05) is 34.0 Å². The lowest BCUT2D eigenvalue weighted by Crippen LogP contribution is -2.60. The molecule has 1 aliphatic carbocycles. The van der Waals surface area contributed by atoms with Gasteiger partial charge in [-0.15, -0.1) is 0 Å². The first-order valence-electron chi connectivity index (χ1n) is 23.7. The number of hydrogen-bond acceptors (Lipinski definition) is 9. The van der Waals surface area contributed by atoms with E-state index in [1.54, 1.807) is 7.05 Å². The number of rotatable bonds is 14. The van der Waals surface area contributed by atoms with Gasteiger partial charge in [-0.25, -0.2) is 4.79 Å². The third-order valence-corrected chi connectivity index (χ3v) is 12.6. The summed E-state index contributed by atoms with van der Waals surface area (Å²) in [6.45, 7) is 19.1. The molecule has 6 amide bonds. The average Bonchev–Trinajstić information content (AvgIpc) is 3.21. The Bertz CT molecular complexity index is 1580. The number of likely N-dealkylation sites (N-methyl/N-ethyl adjacent to an activating group) is 3. The van der Waals surface area contributed by atoms with E-state index in [2.05, 4.69) is 22.9 Å². The maximum Gasteiger partial charge on any atom is 0.329 e. The summed E-state index contributed by atoms with van der Waals surface area (Å²) in [6, 6.07) is -4.49. The highest BCUT2D eigenvalue weighted by Gasteiger charge is 2.41. The normalized spacial score (nSPS) is 26.8. The van der Waals surface area contributed by atoms with Gasteiger partial charge >= 0.3 is 5.97 Å². The molecule has 358 valence electrons. The number of carbonyl (C=O) groups excluding carboxylic acids is 7. The molecule has 15 heteroatoms. The van der Waals surface area contributed by atoms with E-state index in [1.807, 2.05) is 61.5 Å². The number of nitrogens with one attached hydrogen (secondary N) is 3. The molecule has 15 nitrogen and oxygen atoms in total. The van der Waals surface area contributed by atoms with Crippen molar-refractivity contribution in [3.63, 3.8) is 0 Å². The van der Waals surface area contributed by atoms with E-state index in [0.29, 0.717) is 6.42 Å². The lowest BCUT2D eigenvalue weighted by Gasteiger charge is -2.37. The van der Waals surface area contributed by atoms with Gasteiger partial charge in [-0.1, -0.05) is 114 Å². The largest absolute Gasteiger partial charge is 0.451 e. The summed E-state index contributed by atoms with van der Waals surface area (Å²) in [6.07, 6.45) is 7.11. The number of hydrogen-bond donors (Lipinski definition) is 3. The molecular formula is C48H83N7O8. The zero-order chi connectivity index (χ0) is 47.8. The highest BCUT2D eigenvalue weighted by Crippen LogP contribution is 2.30. The van der Waals surface area contributed by atoms with Crippen molar-refractivity contribution in [3.8, 4) is 6.07 Å². The van der Waals surface area contributed by atoms with Gasteiger partial charge < -0.3 is 35.4 Å². The Hall–Kier alpha value is -4.22. The fourth-order valence-corrected chi connectivity index (χ4v) is 8.74. The van der Waals surface area contributed by atoms with Crippen LogP contribution in [0.1, 0.15) is 166 Å². The Morgan fingerprint density at radius 1 is 0.714 bits per heavy atom. The third kappa shape index (κ3) is 17.7. The van der Waals surface area contributed by atoms with Crippen LogP contribution in [0.3, 0.4) is 0 Å². The van der Waals surface area contributed by atoms with Crippen LogP contribution in [0.5, 0.6) is 0 Å². The Balaban J connectivity index is 2.88. The Morgan fingerprint density at radius 3 is 1.78 bits per heavy atom. The van der Waals surface area contributed by atoms with E-state index < -0.39 is 89.2 Å². The zero-order valence-electron chi connectivity index (χ0n) is 41.0. The first-order chi connectivity index (χ1) is 29.4. The summed E-state index contributed by atoms with van der Waals surface area (Å²) >= 11 is 0. The molecule has 8 atom stereocenters. The average molecular weight is 886 g/mol. The Morgan fingerprint density at radius 2 is 1.22 bits per heavy atom. The van der Waals surface area contributed by atoms with E-state index in [-0.39, 0.29) is 62.2 Å². The summed E-state index contributed by atoms with van der Waals surface area (Å²) < 4.78 is 5.75. The first-order valence-corrected chi connectivity index (χ1v) is 23.7. The summed E-state index contributed by atoms with van der Waals surface area (Å²) in [5.41, 5.74) is -0.446. The van der Waals surface area contributed by atoms with Crippen LogP contribution in [0.2, 0.25) is 0 Å². The minimum atomic E-state index is -1.47. The fraction of sp³-hybridized carbons (Fsp3) is 0.833. The summed E-state index contributed by atoms with van der Waals surface area (Å²) in [5.74, 6) is -4.25. The first kappa shape index (κ1) is 54.9. The highest BCUT2D eigenvalue weighted by molar-refractivity contribution is 5.97. The topological polar surface area (TPSA) is 198 Å². The number of ether oxygens (including phenoxy) is 1. The predicted molar refractivity (Wildman–Crippen MR) is 243 cm³/mol. The minimum absolute atomic E-state index is 0.0179. The SMILES string of the molecule is CCCC[C@@H](C)C[C@@H]1NC(=O)[C@H](CC2CCCCC2)N(C)C(=O)[C@H](CC(C)(C)C)NC(=O)[C@H](CC(C)C)N(C)C(=O)[C@H](CC(C)C)NC(=O)[C@@H](CCC#N)OC(=O)[C@H](C)N(C)C1=O. The van der Waals surface area contributed by atoms with Crippen molar-refractivity contribution in [2.75, 3.05) is 21.1 Å². The molecule has 63 heavy (non-hydrogen) atoms. The van der Waals surface area contributed by atoms with Gasteiger partial charge in [0.2, 0.25) is 29.5 Å². The molecule has 1 aliphatic heterocycles. The monoisotopic (exact) mass is 886 g/mol. The molecule has 0 aromatic heterocycles. The number of cyclic esters (lactones) is 1. The van der Waals surface area contributed by atoms with Gasteiger partial charge in [-0.2, -0.15) is 5.26 Å². The second-order valence-corrected chi connectivity index (χ2v) is 20.6. The van der Waals surface area contributed by atoms with E-state index in [4.69, 9.17) is 4.74 Å². The van der Waals surface area contributed by atoms with Gasteiger partial charge in [0.25, 0.3) is 5.91 Å². The predicted octanol–water partition coefficient (Wildman–Crippen LogP) is 5.89. The number of carbonyl (C=O) groups is 7. The van der Waals surface area contributed by atoms with Crippen LogP contribution in [-0.4, -0.2) is 120 Å². The van der Waals surface area contributed by atoms with Crippen molar-refractivity contribution in [2.45, 2.75) is 208 Å². The Kier molecular flexibility index (Phi) is 22.6. The lowest BCUT2D eigenvalue weighted by atomic mass is 9.83. The molecule has 2 rings (SSSR count). The van der Waals surface area contributed by atoms with E-state index >= 15 is 0 Å². The van der Waals surface area contributed by atoms with E-state index in [1.165, 1.54) is 35.7 Å². The molecule has 0 aromatic rings. The quantitative estimate of drug-likeness (QED) is 0.178. The van der Waals surface area contributed by atoms with Crippen LogP contribution in [0, 0.1) is 40.4 Å². The number of esters is 1. The van der Waals surface area contributed by atoms with Crippen molar-refractivity contribution < 1.29 is 38.3 Å². The smallest absolute Gasteiger partial charge is 0.329 e. The molecule has 0 unspecified atom stereocenters. The standard InChI is InChI=1S/C48H83N7O8/c1-14-15-20-32(6)27-36-44(59)53(11)33(7)47(62)63-40(23-19-24-49)43(58)51-35(25-30(2)3)45(60)54(12)38(26-31(4)5)41(56)52-37(29-48(8,9)10)46(61)55(13)39(42(57)50-36)28-34-21-17-16-18-22-34/h30-40H,14-23,25-29H2,1-13H3,(H,50,57)(H,51,58)(H,52,56)/t32-,33+,35+,36+,37+,38+,39+,40-/m1/s1. The fourth-order valence-electron chi connectivity index (χ4n) is 8.74. The second-order valence-electron chi connectivity index (χ2n) is 20.6. The molecular weight excluding hydrogens is 803 g/mol. The summed E-state index contributed by atoms with van der Waals surface area (Å²) in [7, 11) is 4.53. The van der Waals surface area contributed by atoms with Crippen molar-refractivity contribution in [1.29, 1.82) is 5.26 Å². The summed E-state index contributed by atoms with van der Waals surface area (Å²) in [5, 5.41) is 18.3. The number of amides is 6. The second kappa shape index (κ2) is 25.9. The minimum Gasteiger partial charge on any atom is -0.451 e. The maximum atomic E-state index is 14.9. The van der Waals surface area contributed by atoms with Crippen molar-refractivity contribution in [2.24, 2.45) is 29.1 Å². The molecule has 2 aliphatic rings. The van der Waals surface area contributed by atoms with E-state index in [0.717, 1.165) is 51.4 Å². The molecule has 1 saturated carbocycles. The molecule has 1 heterocycles. The third-order valence-electron chi connectivity index (χ3n) is 12.6. The van der Waals surface area contributed by atoms with Gasteiger partial charge in [0.05, 0.1) is 6.07 Å². The van der Waals surface area contributed by atoms with Gasteiger partial charge in [0.15, 0.2) is 6.10 Å². The van der Waals surface area contributed by atoms with Gasteiger partial charge in [-0.3, -0.25) is 28.8 Å². The lowest BCUT2D eigenvalue weighted by molar-refractivity contribution is -0.163. The molecule has 1 saturated heterocycles. The van der Waals surface area contributed by atoms with Gasteiger partial charge in [-0.05, 0) is 68.1 Å². The Labute approximate surface area is 378 Å². The van der Waals surface area contributed by atoms with E-state index in [9.17, 15) is 38.8 Å². The van der Waals surface area contributed by atoms with Crippen molar-refractivity contribution >= 4 is 41.4 Å². The van der Waals surface area contributed by atoms with Crippen molar-refractivity contribution in [3.05, 3.63) is 0 Å². The van der Waals surface area contributed by atoms with Crippen LogP contribution >= 0.6 is 0 Å². The van der Waals surface area contributed by atoms with Gasteiger partial charge in [0.1, 0.15) is 36.3 Å². The molecule has 0 bridgehead atoms. The molecule has 3 N–H and O–H groups in total. The number of nitrogens with zero attached hydrogens (tertiary/aromatic N) is 4. The molecule has 0 radical (unpaired) electrons. The van der Waals surface area contributed by atoms with Crippen LogP contribution in [-0.2, 0) is 38.3 Å². The van der Waals surface area contributed by atoms with Crippen LogP contribution in [0.4, 0.5) is 0 Å². The van der Waals surface area contributed by atoms with Crippen molar-refractivity contribution in [1.82, 2.24) is 30.7 Å². The highest BCUT2D eigenvalue weighted by atomic mass is 16.5. The molecule has 0 aromatic carbocycles. The molecule has 0 spiro atoms. The number of nitriles is 1.